The molecule has 0 spiro atoms. The number of hydrogen-bond acceptors (Lipinski definition) is 4. The second kappa shape index (κ2) is 7.48. The summed E-state index contributed by atoms with van der Waals surface area (Å²) in [5, 5.41) is 0.368. The van der Waals surface area contributed by atoms with Crippen LogP contribution < -0.4 is 10.5 Å². The molecule has 1 saturated heterocycles. The molecule has 0 bridgehead atoms. The van der Waals surface area contributed by atoms with Crippen molar-refractivity contribution in [2.24, 2.45) is 7.05 Å². The third-order valence-electron chi connectivity index (χ3n) is 5.17. The van der Waals surface area contributed by atoms with Gasteiger partial charge < -0.3 is 9.47 Å². The first-order valence-electron chi connectivity index (χ1n) is 9.00. The van der Waals surface area contributed by atoms with Crippen LogP contribution in [-0.4, -0.2) is 40.6 Å². The average Bonchev–Trinajstić information content (AvgIpc) is 2.69. The number of aryl methyl sites for hydroxylation is 1. The fraction of sp³-hybridized carbons (Fsp3) is 0.300. The van der Waals surface area contributed by atoms with Crippen LogP contribution in [0.4, 0.5) is 14.5 Å². The van der Waals surface area contributed by atoms with Crippen LogP contribution in [0.3, 0.4) is 0 Å². The zero-order valence-corrected chi connectivity index (χ0v) is 16.1. The van der Waals surface area contributed by atoms with Gasteiger partial charge in [0.25, 0.3) is 5.56 Å². The van der Waals surface area contributed by atoms with Crippen LogP contribution in [-0.2, 0) is 13.6 Å². The number of halogens is 3. The van der Waals surface area contributed by atoms with Crippen LogP contribution in [0.5, 0.6) is 0 Å². The van der Waals surface area contributed by atoms with Gasteiger partial charge in [0.1, 0.15) is 10.7 Å². The molecule has 0 amide bonds. The molecule has 8 heteroatoms. The predicted octanol–water partition coefficient (Wildman–Crippen LogP) is 3.19. The van der Waals surface area contributed by atoms with Gasteiger partial charge in [0.05, 0.1) is 11.2 Å². The summed E-state index contributed by atoms with van der Waals surface area (Å²) in [4.78, 5) is 20.9. The molecule has 3 heterocycles. The molecular weight excluding hydrogens is 386 g/mol. The fourth-order valence-corrected chi connectivity index (χ4v) is 3.73. The van der Waals surface area contributed by atoms with Gasteiger partial charge in [-0.2, -0.15) is 0 Å². The molecule has 1 aromatic carbocycles. The van der Waals surface area contributed by atoms with Gasteiger partial charge in [0, 0.05) is 51.4 Å². The van der Waals surface area contributed by atoms with Crippen molar-refractivity contribution in [2.45, 2.75) is 6.54 Å². The number of anilines is 1. The Morgan fingerprint density at radius 3 is 2.61 bits per heavy atom. The Hall–Kier alpha value is -2.51. The zero-order chi connectivity index (χ0) is 19.8. The number of piperazine rings is 1. The predicted molar refractivity (Wildman–Crippen MR) is 106 cm³/mol. The number of nitrogens with zero attached hydrogens (tertiary/aromatic N) is 4. The topological polar surface area (TPSA) is 41.4 Å². The van der Waals surface area contributed by atoms with Crippen molar-refractivity contribution >= 4 is 28.3 Å². The number of hydrogen-bond donors (Lipinski definition) is 0. The van der Waals surface area contributed by atoms with Crippen molar-refractivity contribution in [1.29, 1.82) is 0 Å². The van der Waals surface area contributed by atoms with E-state index in [2.05, 4.69) is 14.8 Å². The summed E-state index contributed by atoms with van der Waals surface area (Å²) in [5.41, 5.74) is 2.38. The highest BCUT2D eigenvalue weighted by Crippen LogP contribution is 2.26. The maximum atomic E-state index is 13.9. The van der Waals surface area contributed by atoms with Gasteiger partial charge in [0.2, 0.25) is 0 Å². The first kappa shape index (κ1) is 18.8. The van der Waals surface area contributed by atoms with E-state index in [9.17, 15) is 13.6 Å². The van der Waals surface area contributed by atoms with Crippen molar-refractivity contribution in [1.82, 2.24) is 14.5 Å². The zero-order valence-electron chi connectivity index (χ0n) is 15.3. The maximum Gasteiger partial charge on any atom is 0.252 e. The fourth-order valence-electron chi connectivity index (χ4n) is 3.59. The summed E-state index contributed by atoms with van der Waals surface area (Å²) in [5.74, 6) is -1.62. The van der Waals surface area contributed by atoms with E-state index in [0.717, 1.165) is 17.3 Å². The normalized spacial score (nSPS) is 15.4. The molecule has 0 saturated carbocycles. The Balaban J connectivity index is 1.56. The highest BCUT2D eigenvalue weighted by atomic mass is 35.5. The monoisotopic (exact) mass is 404 g/mol. The molecule has 0 radical (unpaired) electrons. The first-order valence-corrected chi connectivity index (χ1v) is 9.38. The van der Waals surface area contributed by atoms with Gasteiger partial charge in [-0.3, -0.25) is 9.69 Å². The van der Waals surface area contributed by atoms with Gasteiger partial charge in [-0.05, 0) is 18.2 Å². The Labute approximate surface area is 165 Å². The number of aromatic nitrogens is 2. The van der Waals surface area contributed by atoms with E-state index in [0.29, 0.717) is 49.0 Å². The summed E-state index contributed by atoms with van der Waals surface area (Å²) in [6, 6.07) is 9.27. The Morgan fingerprint density at radius 2 is 1.86 bits per heavy atom. The molecule has 146 valence electrons. The molecule has 5 nitrogen and oxygen atoms in total. The molecule has 0 unspecified atom stereocenters. The van der Waals surface area contributed by atoms with Crippen molar-refractivity contribution in [2.75, 3.05) is 31.1 Å². The standard InChI is InChI=1S/C20H19ClF2N4O/c1-25-15-5-6-17(21)24-20(15)16(11-18(25)28)27-9-7-26(8-10-27)12-13-3-2-4-14(22)19(13)23/h2-6,11H,7-10,12H2,1H3. The number of rotatable bonds is 3. The highest BCUT2D eigenvalue weighted by Gasteiger charge is 2.22. The van der Waals surface area contributed by atoms with Crippen LogP contribution in [0.1, 0.15) is 5.56 Å². The maximum absolute atomic E-state index is 13.9. The number of fused-ring (bicyclic) bond motifs is 1. The molecule has 3 aromatic rings. The minimum Gasteiger partial charge on any atom is -0.367 e. The van der Waals surface area contributed by atoms with Crippen LogP contribution >= 0.6 is 11.6 Å². The summed E-state index contributed by atoms with van der Waals surface area (Å²) < 4.78 is 28.9. The van der Waals surface area contributed by atoms with E-state index < -0.39 is 11.6 Å². The van der Waals surface area contributed by atoms with Crippen LogP contribution in [0.15, 0.2) is 41.2 Å². The molecular formula is C20H19ClF2N4O. The van der Waals surface area contributed by atoms with Crippen LogP contribution in [0.2, 0.25) is 5.15 Å². The van der Waals surface area contributed by atoms with E-state index >= 15 is 0 Å². The average molecular weight is 405 g/mol. The summed E-state index contributed by atoms with van der Waals surface area (Å²) in [7, 11) is 1.70. The summed E-state index contributed by atoms with van der Waals surface area (Å²) in [6.45, 7) is 2.96. The lowest BCUT2D eigenvalue weighted by Gasteiger charge is -2.36. The highest BCUT2D eigenvalue weighted by molar-refractivity contribution is 6.29. The molecule has 0 N–H and O–H groups in total. The lowest BCUT2D eigenvalue weighted by Crippen LogP contribution is -2.46. The Bertz CT molecular complexity index is 1090. The minimum atomic E-state index is -0.828. The van der Waals surface area contributed by atoms with Crippen molar-refractivity contribution < 1.29 is 8.78 Å². The molecule has 28 heavy (non-hydrogen) atoms. The third-order valence-corrected chi connectivity index (χ3v) is 5.38. The molecule has 1 fully saturated rings. The van der Waals surface area contributed by atoms with Gasteiger partial charge in [-0.15, -0.1) is 0 Å². The van der Waals surface area contributed by atoms with E-state index in [4.69, 9.17) is 11.6 Å². The lowest BCUT2D eigenvalue weighted by molar-refractivity contribution is 0.245. The molecule has 0 atom stereocenters. The lowest BCUT2D eigenvalue weighted by atomic mass is 10.1. The van der Waals surface area contributed by atoms with Crippen molar-refractivity contribution in [3.63, 3.8) is 0 Å². The van der Waals surface area contributed by atoms with Crippen LogP contribution in [0.25, 0.3) is 11.0 Å². The largest absolute Gasteiger partial charge is 0.367 e. The number of benzene rings is 1. The third kappa shape index (κ3) is 3.47. The molecule has 1 aliphatic heterocycles. The van der Waals surface area contributed by atoms with E-state index in [-0.39, 0.29) is 5.56 Å². The SMILES string of the molecule is Cn1c(=O)cc(N2CCN(Cc3cccc(F)c3F)CC2)c2nc(Cl)ccc21. The molecule has 2 aromatic heterocycles. The van der Waals surface area contributed by atoms with Gasteiger partial charge in [-0.25, -0.2) is 13.8 Å². The smallest absolute Gasteiger partial charge is 0.252 e. The van der Waals surface area contributed by atoms with E-state index in [1.807, 2.05) is 0 Å². The summed E-state index contributed by atoms with van der Waals surface area (Å²) in [6.07, 6.45) is 0. The Morgan fingerprint density at radius 1 is 1.11 bits per heavy atom. The quantitative estimate of drug-likeness (QED) is 0.629. The first-order chi connectivity index (χ1) is 13.4. The summed E-state index contributed by atoms with van der Waals surface area (Å²) >= 11 is 6.07. The second-order valence-electron chi connectivity index (χ2n) is 6.90. The van der Waals surface area contributed by atoms with E-state index in [1.165, 1.54) is 6.07 Å². The van der Waals surface area contributed by atoms with Gasteiger partial charge in [0.15, 0.2) is 11.6 Å². The van der Waals surface area contributed by atoms with Crippen molar-refractivity contribution in [3.05, 3.63) is 69.1 Å². The second-order valence-corrected chi connectivity index (χ2v) is 7.29. The number of pyridine rings is 2. The van der Waals surface area contributed by atoms with Gasteiger partial charge >= 0.3 is 0 Å². The van der Waals surface area contributed by atoms with Crippen LogP contribution in [0, 0.1) is 11.6 Å². The van der Waals surface area contributed by atoms with E-state index in [1.54, 1.807) is 35.9 Å². The molecule has 1 aliphatic rings. The minimum absolute atomic E-state index is 0.115. The Kier molecular flexibility index (Phi) is 5.03. The van der Waals surface area contributed by atoms with Crippen molar-refractivity contribution in [3.8, 4) is 0 Å². The molecule has 0 aliphatic carbocycles. The van der Waals surface area contributed by atoms with Gasteiger partial charge in [-0.1, -0.05) is 23.7 Å². The molecule has 4 rings (SSSR count).